The summed E-state index contributed by atoms with van der Waals surface area (Å²) in [6.45, 7) is -1.05. The molecule has 0 aliphatic heterocycles. The van der Waals surface area contributed by atoms with E-state index in [2.05, 4.69) is 4.74 Å². The minimum atomic E-state index is -0.914. The standard InChI is InChI=1S/C5H5NO4/c1-2-3-10-5(7)4-6(8)9/h1H,3-4H2. The first-order valence-corrected chi connectivity index (χ1v) is 2.37. The van der Waals surface area contributed by atoms with Crippen molar-refractivity contribution in [2.45, 2.75) is 0 Å². The van der Waals surface area contributed by atoms with Gasteiger partial charge in [-0.1, -0.05) is 5.92 Å². The molecule has 0 N–H and O–H groups in total. The van der Waals surface area contributed by atoms with Gasteiger partial charge in [0.25, 0.3) is 6.54 Å². The van der Waals surface area contributed by atoms with E-state index >= 15 is 0 Å². The maximum absolute atomic E-state index is 10.3. The first-order valence-electron chi connectivity index (χ1n) is 2.37. The zero-order chi connectivity index (χ0) is 7.98. The third kappa shape index (κ3) is 4.59. The highest BCUT2D eigenvalue weighted by molar-refractivity contribution is 5.70. The predicted octanol–water partition coefficient (Wildman–Crippen LogP) is -0.560. The third-order valence-corrected chi connectivity index (χ3v) is 0.575. The molecule has 0 radical (unpaired) electrons. The molecule has 10 heavy (non-hydrogen) atoms. The Morgan fingerprint density at radius 1 is 1.80 bits per heavy atom. The van der Waals surface area contributed by atoms with Crippen LogP contribution in [0.3, 0.4) is 0 Å². The van der Waals surface area contributed by atoms with Gasteiger partial charge < -0.3 is 4.74 Å². The minimum Gasteiger partial charge on any atom is -0.448 e. The molecular formula is C5H5NO4. The quantitative estimate of drug-likeness (QED) is 0.230. The Labute approximate surface area is 57.1 Å². The lowest BCUT2D eigenvalue weighted by Gasteiger charge is -1.93. The Bertz CT molecular complexity index is 181. The van der Waals surface area contributed by atoms with E-state index in [-0.39, 0.29) is 6.61 Å². The molecule has 0 saturated heterocycles. The number of nitro groups is 1. The second-order valence-electron chi connectivity index (χ2n) is 1.36. The number of nitrogens with zero attached hydrogens (tertiary/aromatic N) is 1. The summed E-state index contributed by atoms with van der Waals surface area (Å²) in [4.78, 5) is 19.1. The molecule has 0 spiro atoms. The number of esters is 1. The van der Waals surface area contributed by atoms with Crippen LogP contribution in [0, 0.1) is 22.5 Å². The molecule has 0 atom stereocenters. The van der Waals surface area contributed by atoms with Crippen LogP contribution < -0.4 is 0 Å². The number of hydrogen-bond acceptors (Lipinski definition) is 4. The molecule has 5 nitrogen and oxygen atoms in total. The van der Waals surface area contributed by atoms with Crippen molar-refractivity contribution in [3.05, 3.63) is 10.1 Å². The van der Waals surface area contributed by atoms with E-state index in [1.54, 1.807) is 0 Å². The van der Waals surface area contributed by atoms with Gasteiger partial charge in [0, 0.05) is 4.92 Å². The summed E-state index contributed by atoms with van der Waals surface area (Å²) in [5, 5.41) is 9.63. The molecule has 0 aliphatic rings. The fourth-order valence-corrected chi connectivity index (χ4v) is 0.273. The van der Waals surface area contributed by atoms with Crippen LogP contribution in [0.25, 0.3) is 0 Å². The largest absolute Gasteiger partial charge is 0.448 e. The first-order chi connectivity index (χ1) is 4.66. The van der Waals surface area contributed by atoms with Gasteiger partial charge in [0.05, 0.1) is 0 Å². The van der Waals surface area contributed by atoms with Crippen molar-refractivity contribution in [2.75, 3.05) is 13.2 Å². The maximum atomic E-state index is 10.3. The van der Waals surface area contributed by atoms with Gasteiger partial charge in [0.15, 0.2) is 6.61 Å². The summed E-state index contributed by atoms with van der Waals surface area (Å²) in [5.41, 5.74) is 0. The van der Waals surface area contributed by atoms with Crippen LogP contribution in [0.4, 0.5) is 0 Å². The molecule has 54 valence electrons. The molecule has 0 unspecified atom stereocenters. The molecule has 0 fully saturated rings. The molecule has 0 aliphatic carbocycles. The van der Waals surface area contributed by atoms with Crippen LogP contribution in [-0.4, -0.2) is 24.0 Å². The van der Waals surface area contributed by atoms with Crippen molar-refractivity contribution < 1.29 is 14.5 Å². The molecule has 0 bridgehead atoms. The van der Waals surface area contributed by atoms with Gasteiger partial charge in [0.1, 0.15) is 0 Å². The van der Waals surface area contributed by atoms with Gasteiger partial charge in [0.2, 0.25) is 0 Å². The van der Waals surface area contributed by atoms with Crippen LogP contribution in [0.15, 0.2) is 0 Å². The smallest absolute Gasteiger partial charge is 0.379 e. The van der Waals surface area contributed by atoms with Crippen molar-refractivity contribution in [3.8, 4) is 12.3 Å². The Hall–Kier alpha value is -1.57. The lowest BCUT2D eigenvalue weighted by Crippen LogP contribution is -2.16. The van der Waals surface area contributed by atoms with Crippen LogP contribution in [0.5, 0.6) is 0 Å². The number of hydrogen-bond donors (Lipinski definition) is 0. The SMILES string of the molecule is C#CCOC(=O)C[N+](=O)[O-]. The molecule has 5 heteroatoms. The average Bonchev–Trinajstić information content (AvgIpc) is 1.82. The van der Waals surface area contributed by atoms with Gasteiger partial charge in [-0.3, -0.25) is 10.1 Å². The molecule has 0 aromatic heterocycles. The highest BCUT2D eigenvalue weighted by Gasteiger charge is 2.08. The van der Waals surface area contributed by atoms with Crippen LogP contribution in [-0.2, 0) is 9.53 Å². The summed E-state index contributed by atoms with van der Waals surface area (Å²) in [7, 11) is 0. The van der Waals surface area contributed by atoms with Crippen LogP contribution in [0.2, 0.25) is 0 Å². The van der Waals surface area contributed by atoms with Gasteiger partial charge in [-0.25, -0.2) is 4.79 Å². The van der Waals surface area contributed by atoms with E-state index in [9.17, 15) is 14.9 Å². The van der Waals surface area contributed by atoms with E-state index in [4.69, 9.17) is 6.42 Å². The molecule has 0 aromatic rings. The van der Waals surface area contributed by atoms with Crippen molar-refractivity contribution in [2.24, 2.45) is 0 Å². The zero-order valence-electron chi connectivity index (χ0n) is 5.07. The number of terminal acetylenes is 1. The van der Waals surface area contributed by atoms with E-state index in [0.717, 1.165) is 0 Å². The highest BCUT2D eigenvalue weighted by Crippen LogP contribution is 1.77. The Morgan fingerprint density at radius 2 is 2.40 bits per heavy atom. The van der Waals surface area contributed by atoms with Gasteiger partial charge in [-0.05, 0) is 0 Å². The second-order valence-corrected chi connectivity index (χ2v) is 1.36. The van der Waals surface area contributed by atoms with Gasteiger partial charge >= 0.3 is 5.97 Å². The third-order valence-electron chi connectivity index (χ3n) is 0.575. The molecule has 0 amide bonds. The fraction of sp³-hybridized carbons (Fsp3) is 0.400. The van der Waals surface area contributed by atoms with Crippen LogP contribution in [0.1, 0.15) is 0 Å². The number of carbonyl (C=O) groups is 1. The van der Waals surface area contributed by atoms with E-state index in [1.807, 2.05) is 5.92 Å². The fourth-order valence-electron chi connectivity index (χ4n) is 0.273. The summed E-state index contributed by atoms with van der Waals surface area (Å²) >= 11 is 0. The molecule has 0 heterocycles. The number of rotatable bonds is 3. The zero-order valence-corrected chi connectivity index (χ0v) is 5.07. The van der Waals surface area contributed by atoms with Gasteiger partial charge in [-0.15, -0.1) is 6.42 Å². The van der Waals surface area contributed by atoms with Crippen molar-refractivity contribution >= 4 is 5.97 Å². The number of ether oxygens (including phenoxy) is 1. The molecule has 0 aromatic carbocycles. The topological polar surface area (TPSA) is 69.4 Å². The predicted molar refractivity (Wildman–Crippen MR) is 31.7 cm³/mol. The van der Waals surface area contributed by atoms with Crippen LogP contribution >= 0.6 is 0 Å². The number of carbonyl (C=O) groups excluding carboxylic acids is 1. The van der Waals surface area contributed by atoms with Gasteiger partial charge in [-0.2, -0.15) is 0 Å². The Morgan fingerprint density at radius 3 is 2.80 bits per heavy atom. The average molecular weight is 143 g/mol. The molecule has 0 rings (SSSR count). The highest BCUT2D eigenvalue weighted by atomic mass is 16.6. The minimum absolute atomic E-state index is 0.216. The van der Waals surface area contributed by atoms with Crippen molar-refractivity contribution in [1.82, 2.24) is 0 Å². The van der Waals surface area contributed by atoms with E-state index in [0.29, 0.717) is 0 Å². The maximum Gasteiger partial charge on any atom is 0.379 e. The van der Waals surface area contributed by atoms with E-state index in [1.165, 1.54) is 0 Å². The first kappa shape index (κ1) is 8.43. The summed E-state index contributed by atoms with van der Waals surface area (Å²) in [6, 6.07) is 0. The normalized spacial score (nSPS) is 7.90. The Balaban J connectivity index is 3.47. The lowest BCUT2D eigenvalue weighted by molar-refractivity contribution is -0.470. The monoisotopic (exact) mass is 143 g/mol. The lowest BCUT2D eigenvalue weighted by atomic mass is 10.6. The summed E-state index contributed by atoms with van der Waals surface area (Å²) in [5.74, 6) is 1.09. The molecule has 0 saturated carbocycles. The second kappa shape index (κ2) is 4.32. The Kier molecular flexibility index (Phi) is 3.64. The summed E-state index contributed by atoms with van der Waals surface area (Å²) in [6.07, 6.45) is 4.71. The van der Waals surface area contributed by atoms with Crippen molar-refractivity contribution in [1.29, 1.82) is 0 Å². The van der Waals surface area contributed by atoms with Crippen molar-refractivity contribution in [3.63, 3.8) is 0 Å². The van der Waals surface area contributed by atoms with E-state index < -0.39 is 17.4 Å². The summed E-state index contributed by atoms with van der Waals surface area (Å²) < 4.78 is 4.19. The molecular weight excluding hydrogens is 138 g/mol.